The number of aryl methyl sites for hydroxylation is 1. The molecule has 1 spiro atoms. The van der Waals surface area contributed by atoms with Gasteiger partial charge in [0.05, 0.1) is 18.6 Å². The number of fused-ring (bicyclic) bond motifs is 3. The van der Waals surface area contributed by atoms with Gasteiger partial charge in [0.25, 0.3) is 0 Å². The van der Waals surface area contributed by atoms with Crippen molar-refractivity contribution in [3.8, 4) is 0 Å². The Morgan fingerprint density at radius 3 is 2.70 bits per heavy atom. The number of aromatic nitrogens is 4. The number of rotatable bonds is 7. The van der Waals surface area contributed by atoms with Gasteiger partial charge in [-0.25, -0.2) is 19.3 Å². The zero-order valence-electron chi connectivity index (χ0n) is 21.5. The minimum absolute atomic E-state index is 0.174. The first-order valence-corrected chi connectivity index (χ1v) is 16.1. The lowest BCUT2D eigenvalue weighted by atomic mass is 9.81. The number of imidazole rings is 1. The van der Waals surface area contributed by atoms with E-state index in [0.29, 0.717) is 35.0 Å². The Labute approximate surface area is 229 Å². The summed E-state index contributed by atoms with van der Waals surface area (Å²) < 4.78 is 39.5. The fraction of sp³-hybridized carbons (Fsp3) is 0.542. The molecular formula is C24H30FN5O8P2. The third kappa shape index (κ3) is 4.75. The van der Waals surface area contributed by atoms with E-state index in [9.17, 15) is 19.7 Å². The molecule has 6 rings (SSSR count). The molecule has 1 saturated carbocycles. The molecule has 40 heavy (non-hydrogen) atoms. The van der Waals surface area contributed by atoms with Crippen LogP contribution in [-0.2, 0) is 19.2 Å². The minimum Gasteiger partial charge on any atom is -0.387 e. The largest absolute Gasteiger partial charge is 0.387 e. The summed E-state index contributed by atoms with van der Waals surface area (Å²) in [6, 6.07) is 5.15. The molecule has 2 fully saturated rings. The third-order valence-corrected chi connectivity index (χ3v) is 11.0. The fourth-order valence-corrected chi connectivity index (χ4v) is 8.20. The lowest BCUT2D eigenvalue weighted by molar-refractivity contribution is -0.0483. The predicted octanol–water partition coefficient (Wildman–Crippen LogP) is 2.31. The molecule has 3 aliphatic rings. The number of benzene rings is 1. The van der Waals surface area contributed by atoms with E-state index in [2.05, 4.69) is 15.0 Å². The molecule has 5 N–H and O–H groups in total. The van der Waals surface area contributed by atoms with Gasteiger partial charge in [0.15, 0.2) is 31.6 Å². The second-order valence-electron chi connectivity index (χ2n) is 10.6. The van der Waals surface area contributed by atoms with Gasteiger partial charge in [0, 0.05) is 12.0 Å². The van der Waals surface area contributed by atoms with Crippen molar-refractivity contribution in [3.63, 3.8) is 0 Å². The average Bonchev–Trinajstić information content (AvgIpc) is 3.65. The first-order chi connectivity index (χ1) is 19.0. The molecule has 13 nitrogen and oxygen atoms in total. The average molecular weight is 597 g/mol. The number of anilines is 2. The van der Waals surface area contributed by atoms with Gasteiger partial charge in [0.2, 0.25) is 0 Å². The number of halogens is 1. The van der Waals surface area contributed by atoms with Gasteiger partial charge in [-0.15, -0.1) is 0 Å². The van der Waals surface area contributed by atoms with Crippen molar-refractivity contribution in [2.75, 3.05) is 24.0 Å². The van der Waals surface area contributed by atoms with Crippen molar-refractivity contribution >= 4 is 38.6 Å². The van der Waals surface area contributed by atoms with Crippen molar-refractivity contribution in [2.24, 2.45) is 0 Å². The van der Waals surface area contributed by atoms with E-state index in [-0.39, 0.29) is 11.2 Å². The van der Waals surface area contributed by atoms with Gasteiger partial charge in [0.1, 0.15) is 35.9 Å². The van der Waals surface area contributed by atoms with Crippen LogP contribution in [-0.4, -0.2) is 81.8 Å². The van der Waals surface area contributed by atoms with Gasteiger partial charge in [-0.3, -0.25) is 9.13 Å². The maximum absolute atomic E-state index is 15.3. The smallest absolute Gasteiger partial charge is 0.337 e. The first-order valence-electron chi connectivity index (χ1n) is 12.9. The Bertz CT molecular complexity index is 1480. The zero-order valence-corrected chi connectivity index (χ0v) is 23.3. The Kier molecular flexibility index (Phi) is 7.22. The van der Waals surface area contributed by atoms with Crippen LogP contribution in [0.4, 0.5) is 15.9 Å². The molecule has 1 aliphatic carbocycles. The normalized spacial score (nSPS) is 27.2. The number of aliphatic hydroxyl groups is 2. The summed E-state index contributed by atoms with van der Waals surface area (Å²) in [5, 5.41) is 21.4. The molecular weight excluding hydrogens is 567 g/mol. The highest BCUT2D eigenvalue weighted by Gasteiger charge is 2.48. The maximum atomic E-state index is 15.3. The topological polar surface area (TPSA) is 184 Å². The van der Waals surface area contributed by atoms with E-state index >= 15 is 4.39 Å². The van der Waals surface area contributed by atoms with Crippen LogP contribution < -0.4 is 4.90 Å². The van der Waals surface area contributed by atoms with Crippen LogP contribution in [0.15, 0.2) is 24.5 Å². The molecule has 3 aromatic rings. The Balaban J connectivity index is 1.33. The van der Waals surface area contributed by atoms with Crippen LogP contribution in [0.3, 0.4) is 0 Å². The van der Waals surface area contributed by atoms with Gasteiger partial charge in [-0.1, -0.05) is 25.0 Å². The molecule has 2 aliphatic heterocycles. The van der Waals surface area contributed by atoms with Crippen LogP contribution in [0.2, 0.25) is 0 Å². The quantitative estimate of drug-likeness (QED) is 0.251. The Hall–Kier alpha value is -2.12. The van der Waals surface area contributed by atoms with Crippen LogP contribution >= 0.6 is 16.0 Å². The molecule has 0 bridgehead atoms. The lowest BCUT2D eigenvalue weighted by Gasteiger charge is -2.25. The molecule has 1 aromatic carbocycles. The summed E-state index contributed by atoms with van der Waals surface area (Å²) in [6.45, 7) is 1.66. The van der Waals surface area contributed by atoms with Crippen LogP contribution in [0.25, 0.3) is 11.2 Å². The van der Waals surface area contributed by atoms with E-state index in [4.69, 9.17) is 19.0 Å². The van der Waals surface area contributed by atoms with E-state index in [0.717, 1.165) is 31.2 Å². The van der Waals surface area contributed by atoms with Crippen molar-refractivity contribution in [1.29, 1.82) is 0 Å². The number of hydrogen-bond acceptors (Lipinski definition) is 11. The molecule has 16 heteroatoms. The van der Waals surface area contributed by atoms with E-state index in [1.165, 1.54) is 17.0 Å². The second-order valence-corrected chi connectivity index (χ2v) is 14.0. The predicted molar refractivity (Wildman–Crippen MR) is 142 cm³/mol. The van der Waals surface area contributed by atoms with E-state index in [1.807, 2.05) is 11.0 Å². The number of hydrogen-bond donors (Lipinski definition) is 5. The zero-order chi connectivity index (χ0) is 28.4. The van der Waals surface area contributed by atoms with Crippen molar-refractivity contribution in [2.45, 2.75) is 62.6 Å². The van der Waals surface area contributed by atoms with E-state index < -0.39 is 53.0 Å². The summed E-state index contributed by atoms with van der Waals surface area (Å²) in [7, 11) is -7.02. The van der Waals surface area contributed by atoms with E-state index in [1.54, 1.807) is 13.0 Å². The monoisotopic (exact) mass is 597 g/mol. The number of nitrogens with zero attached hydrogens (tertiary/aromatic N) is 5. The molecule has 5 atom stereocenters. The summed E-state index contributed by atoms with van der Waals surface area (Å²) in [6.07, 6.45) is 0.0723. The summed E-state index contributed by atoms with van der Waals surface area (Å²) in [4.78, 5) is 43.4. The number of ether oxygens (including phenoxy) is 1. The maximum Gasteiger partial charge on any atom is 0.337 e. The standard InChI is InChI=1S/C24H30FN5O8P2/c1-13-27-21(29-10-24(7-2-3-8-24)14-5-4-6-15(25)18(14)29)17-22(28-13)30(11-26-17)23-20(32)19(31)16(38-23)9-37-40(35,36)12-39(33)34/h4-6,11,16,19-20,23,31-34H,2-3,7-10,12H2,1H3,(H,35,36). The Morgan fingerprint density at radius 1 is 1.23 bits per heavy atom. The van der Waals surface area contributed by atoms with Crippen molar-refractivity contribution in [3.05, 3.63) is 41.7 Å². The van der Waals surface area contributed by atoms with Crippen LogP contribution in [0.1, 0.15) is 43.3 Å². The first kappa shape index (κ1) is 28.0. The summed E-state index contributed by atoms with van der Waals surface area (Å²) in [5.41, 5.74) is 1.92. The molecule has 0 radical (unpaired) electrons. The minimum atomic E-state index is -4.35. The van der Waals surface area contributed by atoms with Crippen LogP contribution in [0, 0.1) is 12.7 Å². The van der Waals surface area contributed by atoms with Gasteiger partial charge in [-0.2, -0.15) is 0 Å². The molecule has 4 heterocycles. The Morgan fingerprint density at radius 2 is 1.98 bits per heavy atom. The molecule has 5 unspecified atom stereocenters. The SMILES string of the molecule is Cc1nc(N2CC3(CCCC3)c3cccc(F)c32)c2ncn(C3OC(COP(=O)(O)CP(O)O)C(O)C3O)c2n1. The highest BCUT2D eigenvalue weighted by Crippen LogP contribution is 2.54. The van der Waals surface area contributed by atoms with Gasteiger partial charge in [-0.05, 0) is 31.4 Å². The van der Waals surface area contributed by atoms with Gasteiger partial charge >= 0.3 is 7.60 Å². The summed E-state index contributed by atoms with van der Waals surface area (Å²) >= 11 is 0. The van der Waals surface area contributed by atoms with Crippen molar-refractivity contribution < 1.29 is 43.1 Å². The molecule has 1 saturated heterocycles. The van der Waals surface area contributed by atoms with Gasteiger partial charge < -0.3 is 39.1 Å². The molecule has 2 aromatic heterocycles. The number of para-hydroxylation sites is 1. The highest BCUT2D eigenvalue weighted by molar-refractivity contribution is 7.67. The second kappa shape index (κ2) is 10.3. The molecule has 216 valence electrons. The third-order valence-electron chi connectivity index (χ3n) is 7.98. The highest BCUT2D eigenvalue weighted by atomic mass is 31.2. The molecule has 0 amide bonds. The van der Waals surface area contributed by atoms with Crippen molar-refractivity contribution in [1.82, 2.24) is 19.5 Å². The van der Waals surface area contributed by atoms with Crippen LogP contribution in [0.5, 0.6) is 0 Å². The number of aliphatic hydroxyl groups excluding tert-OH is 2. The summed E-state index contributed by atoms with van der Waals surface area (Å²) in [5.74, 6) is -0.394. The fourth-order valence-electron chi connectivity index (χ4n) is 6.21. The lowest BCUT2D eigenvalue weighted by Crippen LogP contribution is -2.33.